The molecule has 0 saturated heterocycles. The third-order valence-corrected chi connectivity index (χ3v) is 3.96. The molecule has 4 N–H and O–H groups in total. The van der Waals surface area contributed by atoms with Crippen LogP contribution in [0.5, 0.6) is 11.5 Å². The zero-order chi connectivity index (χ0) is 19.1. The fraction of sp³-hybridized carbons (Fsp3) is 0.300. The fourth-order valence-electron chi connectivity index (χ4n) is 2.49. The fourth-order valence-corrected chi connectivity index (χ4v) is 2.49. The molecule has 26 heavy (non-hydrogen) atoms. The van der Waals surface area contributed by atoms with Crippen molar-refractivity contribution >= 4 is 11.8 Å². The molecule has 6 heteroatoms. The van der Waals surface area contributed by atoms with E-state index in [-0.39, 0.29) is 11.8 Å². The summed E-state index contributed by atoms with van der Waals surface area (Å²) in [5.74, 6) is 1.00. The Kier molecular flexibility index (Phi) is 6.74. The van der Waals surface area contributed by atoms with Gasteiger partial charge in [-0.15, -0.1) is 0 Å². The van der Waals surface area contributed by atoms with E-state index < -0.39 is 6.04 Å². The van der Waals surface area contributed by atoms with Crippen LogP contribution in [0, 0.1) is 0 Å². The second-order valence-corrected chi connectivity index (χ2v) is 6.40. The average molecular weight is 355 g/mol. The SMILES string of the molecule is CN(C)C(=O)[C@@H](N)Cc1ccc(Oc2ccc(CCC(N)=O)cc2)cc1. The molecule has 0 bridgehead atoms. The summed E-state index contributed by atoms with van der Waals surface area (Å²) in [7, 11) is 3.39. The summed E-state index contributed by atoms with van der Waals surface area (Å²) >= 11 is 0. The van der Waals surface area contributed by atoms with Gasteiger partial charge in [-0.2, -0.15) is 0 Å². The second kappa shape index (κ2) is 9.01. The number of carbonyl (C=O) groups excluding carboxylic acids is 2. The van der Waals surface area contributed by atoms with Gasteiger partial charge in [-0.25, -0.2) is 0 Å². The summed E-state index contributed by atoms with van der Waals surface area (Å²) in [6.45, 7) is 0. The Morgan fingerprint density at radius 3 is 1.92 bits per heavy atom. The number of carbonyl (C=O) groups is 2. The smallest absolute Gasteiger partial charge is 0.239 e. The van der Waals surface area contributed by atoms with E-state index in [1.807, 2.05) is 48.5 Å². The van der Waals surface area contributed by atoms with E-state index in [0.717, 1.165) is 11.1 Å². The molecule has 138 valence electrons. The molecule has 2 amide bonds. The molecule has 6 nitrogen and oxygen atoms in total. The molecule has 0 fully saturated rings. The van der Waals surface area contributed by atoms with Crippen molar-refractivity contribution in [1.82, 2.24) is 4.90 Å². The van der Waals surface area contributed by atoms with E-state index >= 15 is 0 Å². The highest BCUT2D eigenvalue weighted by Gasteiger charge is 2.15. The van der Waals surface area contributed by atoms with Gasteiger partial charge in [0, 0.05) is 20.5 Å². The van der Waals surface area contributed by atoms with Crippen LogP contribution in [0.3, 0.4) is 0 Å². The Hall–Kier alpha value is -2.86. The van der Waals surface area contributed by atoms with E-state index in [4.69, 9.17) is 16.2 Å². The standard InChI is InChI=1S/C20H25N3O3/c1-23(2)20(25)18(21)13-15-5-10-17(11-6-15)26-16-8-3-14(4-9-16)7-12-19(22)24/h3-6,8-11,18H,7,12-13,21H2,1-2H3,(H2,22,24)/t18-/m0/s1. The first-order valence-electron chi connectivity index (χ1n) is 8.46. The number of benzene rings is 2. The lowest BCUT2D eigenvalue weighted by Gasteiger charge is -2.16. The summed E-state index contributed by atoms with van der Waals surface area (Å²) < 4.78 is 5.81. The maximum absolute atomic E-state index is 11.8. The van der Waals surface area contributed by atoms with E-state index in [2.05, 4.69) is 0 Å². The Bertz CT molecular complexity index is 740. The first-order chi connectivity index (χ1) is 12.3. The Balaban J connectivity index is 1.92. The maximum Gasteiger partial charge on any atom is 0.239 e. The lowest BCUT2D eigenvalue weighted by Crippen LogP contribution is -2.41. The van der Waals surface area contributed by atoms with Gasteiger partial charge in [-0.05, 0) is 48.2 Å². The van der Waals surface area contributed by atoms with Gasteiger partial charge in [-0.3, -0.25) is 9.59 Å². The molecule has 0 aliphatic heterocycles. The number of ether oxygens (including phenoxy) is 1. The molecule has 1 atom stereocenters. The molecule has 2 rings (SSSR count). The minimum atomic E-state index is -0.551. The number of nitrogens with two attached hydrogens (primary N) is 2. The zero-order valence-corrected chi connectivity index (χ0v) is 15.1. The lowest BCUT2D eigenvalue weighted by molar-refractivity contribution is -0.130. The van der Waals surface area contributed by atoms with Crippen LogP contribution in [0.4, 0.5) is 0 Å². The Morgan fingerprint density at radius 2 is 1.46 bits per heavy atom. The van der Waals surface area contributed by atoms with E-state index in [0.29, 0.717) is 30.8 Å². The van der Waals surface area contributed by atoms with Gasteiger partial charge < -0.3 is 21.1 Å². The van der Waals surface area contributed by atoms with Gasteiger partial charge in [0.25, 0.3) is 0 Å². The molecule has 0 aliphatic rings. The molecule has 0 heterocycles. The van der Waals surface area contributed by atoms with Crippen LogP contribution < -0.4 is 16.2 Å². The van der Waals surface area contributed by atoms with Crippen LogP contribution in [0.1, 0.15) is 17.5 Å². The van der Waals surface area contributed by atoms with Gasteiger partial charge >= 0.3 is 0 Å². The summed E-state index contributed by atoms with van der Waals surface area (Å²) in [4.78, 5) is 24.1. The summed E-state index contributed by atoms with van der Waals surface area (Å²) in [6.07, 6.45) is 1.43. The molecule has 0 aliphatic carbocycles. The summed E-state index contributed by atoms with van der Waals surface area (Å²) in [6, 6.07) is 14.5. The predicted octanol–water partition coefficient (Wildman–Crippen LogP) is 1.85. The van der Waals surface area contributed by atoms with Crippen molar-refractivity contribution in [3.63, 3.8) is 0 Å². The minimum Gasteiger partial charge on any atom is -0.457 e. The van der Waals surface area contributed by atoms with Crippen LogP contribution in [-0.4, -0.2) is 36.9 Å². The van der Waals surface area contributed by atoms with Crippen molar-refractivity contribution in [2.75, 3.05) is 14.1 Å². The zero-order valence-electron chi connectivity index (χ0n) is 15.1. The first-order valence-corrected chi connectivity index (χ1v) is 8.46. The number of amides is 2. The molecule has 0 saturated carbocycles. The number of nitrogens with zero attached hydrogens (tertiary/aromatic N) is 1. The number of rotatable bonds is 8. The Labute approximate surface area is 153 Å². The van der Waals surface area contributed by atoms with Crippen LogP contribution in [0.15, 0.2) is 48.5 Å². The van der Waals surface area contributed by atoms with Crippen LogP contribution in [0.2, 0.25) is 0 Å². The normalized spacial score (nSPS) is 11.7. The van der Waals surface area contributed by atoms with Gasteiger partial charge in [-0.1, -0.05) is 24.3 Å². The van der Waals surface area contributed by atoms with E-state index in [9.17, 15) is 9.59 Å². The average Bonchev–Trinajstić information content (AvgIpc) is 2.62. The number of aryl methyl sites for hydroxylation is 1. The molecular weight excluding hydrogens is 330 g/mol. The summed E-state index contributed by atoms with van der Waals surface area (Å²) in [5.41, 5.74) is 13.1. The number of hydrogen-bond acceptors (Lipinski definition) is 4. The Morgan fingerprint density at radius 1 is 0.962 bits per heavy atom. The predicted molar refractivity (Wildman–Crippen MR) is 101 cm³/mol. The van der Waals surface area contributed by atoms with Gasteiger partial charge in [0.2, 0.25) is 11.8 Å². The summed E-state index contributed by atoms with van der Waals surface area (Å²) in [5, 5.41) is 0. The van der Waals surface area contributed by atoms with Crippen LogP contribution in [-0.2, 0) is 22.4 Å². The minimum absolute atomic E-state index is 0.0956. The molecule has 2 aromatic rings. The quantitative estimate of drug-likeness (QED) is 0.755. The van der Waals surface area contributed by atoms with E-state index in [1.54, 1.807) is 14.1 Å². The number of likely N-dealkylation sites (N-methyl/N-ethyl adjacent to an activating group) is 1. The maximum atomic E-state index is 11.8. The largest absolute Gasteiger partial charge is 0.457 e. The molecule has 0 unspecified atom stereocenters. The molecule has 0 spiro atoms. The van der Waals surface area contributed by atoms with Gasteiger partial charge in [0.15, 0.2) is 0 Å². The number of primary amides is 1. The molecule has 2 aromatic carbocycles. The van der Waals surface area contributed by atoms with Crippen molar-refractivity contribution in [2.24, 2.45) is 11.5 Å². The lowest BCUT2D eigenvalue weighted by atomic mass is 10.1. The van der Waals surface area contributed by atoms with Gasteiger partial charge in [0.1, 0.15) is 11.5 Å². The highest BCUT2D eigenvalue weighted by atomic mass is 16.5. The monoisotopic (exact) mass is 355 g/mol. The third kappa shape index (κ3) is 5.89. The topological polar surface area (TPSA) is 98.7 Å². The van der Waals surface area contributed by atoms with E-state index in [1.165, 1.54) is 4.90 Å². The van der Waals surface area contributed by atoms with Crippen molar-refractivity contribution in [3.8, 4) is 11.5 Å². The molecular formula is C20H25N3O3. The second-order valence-electron chi connectivity index (χ2n) is 6.40. The van der Waals surface area contributed by atoms with Gasteiger partial charge in [0.05, 0.1) is 6.04 Å². The van der Waals surface area contributed by atoms with Crippen molar-refractivity contribution < 1.29 is 14.3 Å². The van der Waals surface area contributed by atoms with Crippen molar-refractivity contribution in [1.29, 1.82) is 0 Å². The first kappa shape index (κ1) is 19.5. The highest BCUT2D eigenvalue weighted by molar-refractivity contribution is 5.81. The van der Waals surface area contributed by atoms with Crippen molar-refractivity contribution in [3.05, 3.63) is 59.7 Å². The third-order valence-electron chi connectivity index (χ3n) is 3.96. The van der Waals surface area contributed by atoms with Crippen LogP contribution in [0.25, 0.3) is 0 Å². The highest BCUT2D eigenvalue weighted by Crippen LogP contribution is 2.22. The molecule has 0 aromatic heterocycles. The number of hydrogen-bond donors (Lipinski definition) is 2. The van der Waals surface area contributed by atoms with Crippen molar-refractivity contribution in [2.45, 2.75) is 25.3 Å². The van der Waals surface area contributed by atoms with Crippen LogP contribution >= 0.6 is 0 Å². The molecule has 0 radical (unpaired) electrons.